The lowest BCUT2D eigenvalue weighted by Crippen LogP contribution is -2.07. The molecule has 0 N–H and O–H groups in total. The standard InChI is InChI=1S/C16H10F6N2OS2/c1-2-27(25)12-6-8(15(17,18)19)3-4-10(12)13-24-11-5-9(16(20,21)22)7-23-14(11)26-13/h3-7H,2H2,1H3. The molecule has 0 spiro atoms. The van der Waals surface area contributed by atoms with E-state index in [0.29, 0.717) is 6.20 Å². The van der Waals surface area contributed by atoms with Gasteiger partial charge in [-0.2, -0.15) is 26.3 Å². The van der Waals surface area contributed by atoms with Gasteiger partial charge in [0.1, 0.15) is 15.4 Å². The number of hydrogen-bond donors (Lipinski definition) is 0. The molecule has 0 amide bonds. The lowest BCUT2D eigenvalue weighted by molar-refractivity contribution is -0.138. The Bertz CT molecular complexity index is 1030. The molecule has 0 fully saturated rings. The van der Waals surface area contributed by atoms with E-state index in [0.717, 1.165) is 35.6 Å². The van der Waals surface area contributed by atoms with Gasteiger partial charge in [-0.1, -0.05) is 24.3 Å². The van der Waals surface area contributed by atoms with Crippen LogP contribution in [0.2, 0.25) is 0 Å². The second-order valence-electron chi connectivity index (χ2n) is 5.41. The molecule has 1 atom stereocenters. The van der Waals surface area contributed by atoms with Gasteiger partial charge in [0.15, 0.2) is 0 Å². The van der Waals surface area contributed by atoms with E-state index in [-0.39, 0.29) is 31.6 Å². The maximum absolute atomic E-state index is 13.0. The Labute approximate surface area is 155 Å². The van der Waals surface area contributed by atoms with Crippen LogP contribution in [-0.2, 0) is 23.2 Å². The molecule has 0 bridgehead atoms. The van der Waals surface area contributed by atoms with E-state index in [1.54, 1.807) is 6.92 Å². The highest BCUT2D eigenvalue weighted by molar-refractivity contribution is 7.85. The van der Waals surface area contributed by atoms with Crippen molar-refractivity contribution in [3.05, 3.63) is 41.6 Å². The fraction of sp³-hybridized carbons (Fsp3) is 0.250. The summed E-state index contributed by atoms with van der Waals surface area (Å²) in [5, 5.41) is 0.155. The molecule has 0 saturated heterocycles. The van der Waals surface area contributed by atoms with Crippen LogP contribution in [0.5, 0.6) is 0 Å². The van der Waals surface area contributed by atoms with Gasteiger partial charge < -0.3 is 0 Å². The minimum Gasteiger partial charge on any atom is -0.254 e. The van der Waals surface area contributed by atoms with Crippen molar-refractivity contribution in [2.24, 2.45) is 0 Å². The molecule has 1 unspecified atom stereocenters. The highest BCUT2D eigenvalue weighted by Gasteiger charge is 2.33. The Morgan fingerprint density at radius 3 is 2.30 bits per heavy atom. The van der Waals surface area contributed by atoms with Gasteiger partial charge in [-0.15, -0.1) is 0 Å². The predicted molar refractivity (Wildman–Crippen MR) is 89.8 cm³/mol. The van der Waals surface area contributed by atoms with Crippen molar-refractivity contribution in [1.82, 2.24) is 9.97 Å². The topological polar surface area (TPSA) is 42.9 Å². The summed E-state index contributed by atoms with van der Waals surface area (Å²) < 4.78 is 89.6. The molecule has 2 heterocycles. The molecular formula is C16H10F6N2OS2. The molecule has 144 valence electrons. The third-order valence-corrected chi connectivity index (χ3v) is 5.99. The number of nitrogens with zero attached hydrogens (tertiary/aromatic N) is 2. The van der Waals surface area contributed by atoms with Crippen molar-refractivity contribution in [3.63, 3.8) is 0 Å². The van der Waals surface area contributed by atoms with E-state index < -0.39 is 34.3 Å². The molecule has 27 heavy (non-hydrogen) atoms. The Balaban J connectivity index is 2.16. The van der Waals surface area contributed by atoms with Crippen LogP contribution in [0.1, 0.15) is 18.1 Å². The summed E-state index contributed by atoms with van der Waals surface area (Å²) in [5.74, 6) is 0.0790. The molecule has 3 rings (SSSR count). The summed E-state index contributed by atoms with van der Waals surface area (Å²) in [6, 6.07) is 3.57. The van der Waals surface area contributed by atoms with Crippen LogP contribution in [0.3, 0.4) is 0 Å². The van der Waals surface area contributed by atoms with Crippen LogP contribution < -0.4 is 0 Å². The third-order valence-electron chi connectivity index (χ3n) is 3.62. The maximum atomic E-state index is 13.0. The first-order valence-corrected chi connectivity index (χ1v) is 9.58. The van der Waals surface area contributed by atoms with Gasteiger partial charge in [0.05, 0.1) is 21.9 Å². The average Bonchev–Trinajstić information content (AvgIpc) is 3.02. The van der Waals surface area contributed by atoms with Gasteiger partial charge in [0, 0.05) is 22.4 Å². The van der Waals surface area contributed by atoms with Crippen LogP contribution in [-0.4, -0.2) is 19.9 Å². The Kier molecular flexibility index (Phi) is 5.02. The molecule has 3 aromatic rings. The Hall–Kier alpha value is -2.01. The first-order valence-electron chi connectivity index (χ1n) is 7.44. The van der Waals surface area contributed by atoms with E-state index >= 15 is 0 Å². The summed E-state index contributed by atoms with van der Waals surface area (Å²) in [7, 11) is -1.72. The fourth-order valence-corrected chi connectivity index (χ4v) is 4.29. The van der Waals surface area contributed by atoms with E-state index in [4.69, 9.17) is 0 Å². The summed E-state index contributed by atoms with van der Waals surface area (Å²) >= 11 is 0.920. The number of thiazole rings is 1. The normalized spacial score (nSPS) is 13.9. The molecule has 0 aliphatic heterocycles. The molecule has 3 nitrogen and oxygen atoms in total. The second kappa shape index (κ2) is 6.86. The second-order valence-corrected chi connectivity index (χ2v) is 8.09. The molecule has 2 aromatic heterocycles. The predicted octanol–water partition coefficient (Wildman–Crippen LogP) is 5.52. The lowest BCUT2D eigenvalue weighted by Gasteiger charge is -2.11. The van der Waals surface area contributed by atoms with Gasteiger partial charge >= 0.3 is 12.4 Å². The summed E-state index contributed by atoms with van der Waals surface area (Å²) in [6.07, 6.45) is -8.53. The van der Waals surface area contributed by atoms with Gasteiger partial charge in [-0.25, -0.2) is 9.97 Å². The number of fused-ring (bicyclic) bond motifs is 1. The molecule has 1 aromatic carbocycles. The zero-order valence-electron chi connectivity index (χ0n) is 13.5. The van der Waals surface area contributed by atoms with E-state index in [1.807, 2.05) is 0 Å². The first kappa shape index (κ1) is 19.7. The largest absolute Gasteiger partial charge is 0.417 e. The zero-order chi connectivity index (χ0) is 20.0. The highest BCUT2D eigenvalue weighted by Crippen LogP contribution is 2.38. The Morgan fingerprint density at radius 2 is 1.70 bits per heavy atom. The van der Waals surface area contributed by atoms with E-state index in [1.165, 1.54) is 0 Å². The van der Waals surface area contributed by atoms with Crippen molar-refractivity contribution in [3.8, 4) is 10.6 Å². The number of alkyl halides is 6. The quantitative estimate of drug-likeness (QED) is 0.520. The minimum absolute atomic E-state index is 0.0297. The number of pyridine rings is 1. The molecule has 0 radical (unpaired) electrons. The number of benzene rings is 1. The number of aromatic nitrogens is 2. The third kappa shape index (κ3) is 3.98. The highest BCUT2D eigenvalue weighted by atomic mass is 32.2. The van der Waals surface area contributed by atoms with Crippen molar-refractivity contribution in [2.75, 3.05) is 5.75 Å². The van der Waals surface area contributed by atoms with Crippen molar-refractivity contribution in [2.45, 2.75) is 24.2 Å². The molecule has 11 heteroatoms. The monoisotopic (exact) mass is 424 g/mol. The van der Waals surface area contributed by atoms with E-state index in [2.05, 4.69) is 9.97 Å². The minimum atomic E-state index is -4.61. The lowest BCUT2D eigenvalue weighted by atomic mass is 10.1. The van der Waals surface area contributed by atoms with Crippen LogP contribution >= 0.6 is 11.3 Å². The van der Waals surface area contributed by atoms with Crippen LogP contribution in [0.25, 0.3) is 20.9 Å². The van der Waals surface area contributed by atoms with Crippen molar-refractivity contribution >= 4 is 32.5 Å². The molecule has 0 saturated carbocycles. The van der Waals surface area contributed by atoms with Crippen molar-refractivity contribution < 1.29 is 30.6 Å². The van der Waals surface area contributed by atoms with Gasteiger partial charge in [0.25, 0.3) is 0 Å². The summed E-state index contributed by atoms with van der Waals surface area (Å²) in [5.41, 5.74) is -1.78. The first-order chi connectivity index (χ1) is 12.5. The number of rotatable bonds is 3. The van der Waals surface area contributed by atoms with Gasteiger partial charge in [0.2, 0.25) is 0 Å². The molecule has 0 aliphatic carbocycles. The molecule has 0 aliphatic rings. The average molecular weight is 424 g/mol. The van der Waals surface area contributed by atoms with Crippen molar-refractivity contribution in [1.29, 1.82) is 0 Å². The summed E-state index contributed by atoms with van der Waals surface area (Å²) in [4.78, 5) is 7.93. The van der Waals surface area contributed by atoms with Gasteiger partial charge in [-0.3, -0.25) is 4.21 Å². The van der Waals surface area contributed by atoms with Gasteiger partial charge in [-0.05, 0) is 18.2 Å². The number of halogens is 6. The van der Waals surface area contributed by atoms with Crippen LogP contribution in [0.15, 0.2) is 35.4 Å². The maximum Gasteiger partial charge on any atom is 0.417 e. The van der Waals surface area contributed by atoms with Crippen LogP contribution in [0.4, 0.5) is 26.3 Å². The summed E-state index contributed by atoms with van der Waals surface area (Å²) in [6.45, 7) is 1.55. The number of hydrogen-bond acceptors (Lipinski definition) is 4. The van der Waals surface area contributed by atoms with Crippen LogP contribution in [0, 0.1) is 0 Å². The SMILES string of the molecule is CCS(=O)c1cc(C(F)(F)F)ccc1-c1nc2cc(C(F)(F)F)cnc2s1. The molecular weight excluding hydrogens is 414 g/mol. The smallest absolute Gasteiger partial charge is 0.254 e. The Morgan fingerprint density at radius 1 is 1.04 bits per heavy atom. The fourth-order valence-electron chi connectivity index (χ4n) is 2.31. The zero-order valence-corrected chi connectivity index (χ0v) is 15.1. The van der Waals surface area contributed by atoms with E-state index in [9.17, 15) is 30.6 Å².